The van der Waals surface area contributed by atoms with Gasteiger partial charge in [0.05, 0.1) is 33.4 Å². The molecule has 2 heterocycles. The molecule has 0 unspecified atom stereocenters. The molecule has 6 nitrogen and oxygen atoms in total. The van der Waals surface area contributed by atoms with Crippen molar-refractivity contribution in [2.75, 3.05) is 9.80 Å². The minimum atomic E-state index is 0.865. The van der Waals surface area contributed by atoms with Gasteiger partial charge in [0.25, 0.3) is 0 Å². The van der Waals surface area contributed by atoms with Crippen LogP contribution in [0.25, 0.3) is 88.5 Å². The number of rotatable bonds is 10. The van der Waals surface area contributed by atoms with Crippen molar-refractivity contribution in [3.63, 3.8) is 0 Å². The molecule has 14 rings (SSSR count). The van der Waals surface area contributed by atoms with Crippen molar-refractivity contribution in [3.8, 4) is 34.2 Å². The molecule has 0 amide bonds. The maximum absolute atomic E-state index is 5.57. The molecule has 0 aliphatic heterocycles. The summed E-state index contributed by atoms with van der Waals surface area (Å²) in [6.45, 7) is 0. The monoisotopic (exact) mass is 920 g/mol. The summed E-state index contributed by atoms with van der Waals surface area (Å²) in [5, 5.41) is 6.73. The molecular weight excluding hydrogens is 877 g/mol. The fourth-order valence-electron chi connectivity index (χ4n) is 10.9. The van der Waals surface area contributed by atoms with Crippen LogP contribution >= 0.6 is 0 Å². The second kappa shape index (κ2) is 17.0. The van der Waals surface area contributed by atoms with Crippen molar-refractivity contribution < 1.29 is 0 Å². The number of fused-ring (bicyclic) bond motifs is 2. The molecule has 0 atom stereocenters. The molecule has 12 aromatic carbocycles. The largest absolute Gasteiger partial charge is 0.310 e. The summed E-state index contributed by atoms with van der Waals surface area (Å²) in [4.78, 5) is 15.9. The Labute approximate surface area is 416 Å². The van der Waals surface area contributed by atoms with E-state index in [1.807, 2.05) is 0 Å². The van der Waals surface area contributed by atoms with Crippen molar-refractivity contribution in [1.82, 2.24) is 19.1 Å². The van der Waals surface area contributed by atoms with Crippen LogP contribution in [0.3, 0.4) is 0 Å². The lowest BCUT2D eigenvalue weighted by Gasteiger charge is -2.30. The molecule has 2 aromatic heterocycles. The van der Waals surface area contributed by atoms with Crippen LogP contribution in [-0.4, -0.2) is 19.1 Å². The highest BCUT2D eigenvalue weighted by Crippen LogP contribution is 2.52. The number of hydrogen-bond donors (Lipinski definition) is 0. The summed E-state index contributed by atoms with van der Waals surface area (Å²) < 4.78 is 4.65. The summed E-state index contributed by atoms with van der Waals surface area (Å²) in [6.07, 6.45) is 0. The minimum Gasteiger partial charge on any atom is -0.310 e. The molecule has 14 aromatic rings. The Morgan fingerprint density at radius 2 is 0.569 bits per heavy atom. The molecule has 0 saturated carbocycles. The number of benzene rings is 12. The number of hydrogen-bond acceptors (Lipinski definition) is 4. The highest BCUT2D eigenvalue weighted by molar-refractivity contribution is 6.32. The third-order valence-electron chi connectivity index (χ3n) is 14.0. The molecule has 0 aliphatic carbocycles. The average molecular weight is 921 g/mol. The highest BCUT2D eigenvalue weighted by Gasteiger charge is 2.29. The van der Waals surface area contributed by atoms with E-state index in [1.165, 1.54) is 0 Å². The van der Waals surface area contributed by atoms with Crippen molar-refractivity contribution >= 4 is 88.5 Å². The summed E-state index contributed by atoms with van der Waals surface area (Å²) in [5.74, 6) is 1.73. The summed E-state index contributed by atoms with van der Waals surface area (Å²) in [5.41, 5.74) is 14.4. The molecule has 0 aliphatic rings. The molecule has 0 bridgehead atoms. The quantitative estimate of drug-likeness (QED) is 0.128. The van der Waals surface area contributed by atoms with Crippen molar-refractivity contribution in [3.05, 3.63) is 267 Å². The van der Waals surface area contributed by atoms with Gasteiger partial charge >= 0.3 is 0 Å². The molecule has 0 spiro atoms. The summed E-state index contributed by atoms with van der Waals surface area (Å²) in [7, 11) is 0. The molecule has 6 heteroatoms. The van der Waals surface area contributed by atoms with Gasteiger partial charge < -0.3 is 9.80 Å². The van der Waals surface area contributed by atoms with Crippen LogP contribution in [0.15, 0.2) is 267 Å². The van der Waals surface area contributed by atoms with Gasteiger partial charge in [0.15, 0.2) is 0 Å². The Hall–Kier alpha value is -9.78. The van der Waals surface area contributed by atoms with E-state index in [9.17, 15) is 0 Å². The van der Waals surface area contributed by atoms with E-state index >= 15 is 0 Å². The zero-order chi connectivity index (χ0) is 47.5. The molecule has 338 valence electrons. The molecule has 0 fully saturated rings. The van der Waals surface area contributed by atoms with Crippen molar-refractivity contribution in [2.45, 2.75) is 0 Å². The summed E-state index contributed by atoms with van der Waals surface area (Å²) >= 11 is 0. The second-order valence-corrected chi connectivity index (χ2v) is 18.2. The van der Waals surface area contributed by atoms with E-state index in [2.05, 4.69) is 286 Å². The van der Waals surface area contributed by atoms with Crippen LogP contribution in [0.4, 0.5) is 34.1 Å². The van der Waals surface area contributed by atoms with E-state index in [0.29, 0.717) is 0 Å². The second-order valence-electron chi connectivity index (χ2n) is 18.2. The first kappa shape index (κ1) is 41.2. The third kappa shape index (κ3) is 6.65. The Balaban J connectivity index is 1.19. The fraction of sp³-hybridized carbons (Fsp3) is 0. The fourth-order valence-corrected chi connectivity index (χ4v) is 10.9. The Kier molecular flexibility index (Phi) is 9.74. The number of nitrogens with zero attached hydrogens (tertiary/aromatic N) is 6. The van der Waals surface area contributed by atoms with Gasteiger partial charge in [-0.3, -0.25) is 9.13 Å². The normalized spacial score (nSPS) is 11.6. The van der Waals surface area contributed by atoms with E-state index in [0.717, 1.165) is 123 Å². The average Bonchev–Trinajstić information content (AvgIpc) is 4.04. The lowest BCUT2D eigenvalue weighted by molar-refractivity contribution is 1.10. The summed E-state index contributed by atoms with van der Waals surface area (Å²) in [6, 6.07) is 95.2. The van der Waals surface area contributed by atoms with Gasteiger partial charge in [-0.1, -0.05) is 158 Å². The van der Waals surface area contributed by atoms with Crippen LogP contribution in [-0.2, 0) is 0 Å². The van der Waals surface area contributed by atoms with Gasteiger partial charge in [0, 0.05) is 66.8 Å². The molecule has 0 saturated heterocycles. The zero-order valence-electron chi connectivity index (χ0n) is 39.1. The Morgan fingerprint density at radius 1 is 0.278 bits per heavy atom. The first-order chi connectivity index (χ1) is 35.8. The molecule has 0 radical (unpaired) electrons. The van der Waals surface area contributed by atoms with E-state index in [-0.39, 0.29) is 0 Å². The predicted molar refractivity (Wildman–Crippen MR) is 300 cm³/mol. The van der Waals surface area contributed by atoms with Crippen LogP contribution in [0.5, 0.6) is 0 Å². The van der Waals surface area contributed by atoms with Gasteiger partial charge in [-0.2, -0.15) is 0 Å². The predicted octanol–water partition coefficient (Wildman–Crippen LogP) is 17.5. The number of anilines is 6. The van der Waals surface area contributed by atoms with Crippen LogP contribution in [0, 0.1) is 0 Å². The van der Waals surface area contributed by atoms with Gasteiger partial charge in [-0.05, 0) is 120 Å². The van der Waals surface area contributed by atoms with Crippen LogP contribution in [0.2, 0.25) is 0 Å². The lowest BCUT2D eigenvalue weighted by Crippen LogP contribution is -2.12. The van der Waals surface area contributed by atoms with Crippen molar-refractivity contribution in [2.24, 2.45) is 0 Å². The number of imidazole rings is 2. The van der Waals surface area contributed by atoms with E-state index in [4.69, 9.17) is 9.97 Å². The van der Waals surface area contributed by atoms with E-state index in [1.54, 1.807) is 0 Å². The van der Waals surface area contributed by atoms with Crippen LogP contribution in [0.1, 0.15) is 0 Å². The van der Waals surface area contributed by atoms with Gasteiger partial charge in [0.2, 0.25) is 0 Å². The highest BCUT2D eigenvalue weighted by atomic mass is 15.2. The van der Waals surface area contributed by atoms with E-state index < -0.39 is 0 Å². The molecular formula is C66H44N6. The minimum absolute atomic E-state index is 0.865. The molecule has 0 N–H and O–H groups in total. The first-order valence-corrected chi connectivity index (χ1v) is 24.4. The number of para-hydroxylation sites is 10. The van der Waals surface area contributed by atoms with Gasteiger partial charge in [0.1, 0.15) is 11.6 Å². The Morgan fingerprint density at radius 3 is 0.917 bits per heavy atom. The zero-order valence-corrected chi connectivity index (χ0v) is 39.1. The SMILES string of the molecule is c1ccc(N(c2ccccc2)c2cc(-c3nc4ccccc4n3-c3ccccc3)c3ccc4c(N(c5ccccc5)c5ccccc5)cc(-c5nc6ccccc6n5-c5ccccc5)c5ccc2c3c54)cc1. The van der Waals surface area contributed by atoms with Crippen LogP contribution < -0.4 is 9.80 Å². The Bertz CT molecular complexity index is 3890. The first-order valence-electron chi connectivity index (χ1n) is 24.4. The molecule has 72 heavy (non-hydrogen) atoms. The lowest BCUT2D eigenvalue weighted by atomic mass is 9.87. The maximum atomic E-state index is 5.57. The van der Waals surface area contributed by atoms with Gasteiger partial charge in [-0.25, -0.2) is 9.97 Å². The van der Waals surface area contributed by atoms with Gasteiger partial charge in [-0.15, -0.1) is 0 Å². The standard InChI is InChI=1S/C66H44N6/c1-7-23-45(24-8-1)69(46-25-9-2-10-26-46)61-43-55(65-67-57-35-19-21-37-59(57)71(65)49-31-15-5-16-32-49)51-40-42-54-62(70(47-27-11-3-12-28-47)48-29-13-4-14-30-48)44-56(52-39-41-53(61)63(51)64(52)54)66-68-58-36-20-22-38-60(58)72(66)50-33-17-6-18-34-50/h1-44H. The third-order valence-corrected chi connectivity index (χ3v) is 14.0. The number of aromatic nitrogens is 4. The topological polar surface area (TPSA) is 42.1 Å². The smallest absolute Gasteiger partial charge is 0.146 e. The maximum Gasteiger partial charge on any atom is 0.146 e. The van der Waals surface area contributed by atoms with Crippen molar-refractivity contribution in [1.29, 1.82) is 0 Å².